The van der Waals surface area contributed by atoms with Crippen LogP contribution in [0.3, 0.4) is 0 Å². The van der Waals surface area contributed by atoms with Crippen molar-refractivity contribution in [2.45, 2.75) is 30.6 Å². The monoisotopic (exact) mass is 452 g/mol. The summed E-state index contributed by atoms with van der Waals surface area (Å²) in [4.78, 5) is 15.1. The number of benzene rings is 1. The summed E-state index contributed by atoms with van der Waals surface area (Å²) >= 11 is 0. The topological polar surface area (TPSA) is 132 Å². The lowest BCUT2D eigenvalue weighted by Crippen LogP contribution is -2.43. The van der Waals surface area contributed by atoms with E-state index in [2.05, 4.69) is 4.98 Å². The number of rotatable bonds is 7. The fourth-order valence-electron chi connectivity index (χ4n) is 2.83. The summed E-state index contributed by atoms with van der Waals surface area (Å²) in [5.74, 6) is -4.15. The molecule has 2 heterocycles. The Kier molecular flexibility index (Phi) is 5.92. The van der Waals surface area contributed by atoms with Crippen LogP contribution in [0.15, 0.2) is 47.4 Å². The Labute approximate surface area is 167 Å². The van der Waals surface area contributed by atoms with E-state index in [1.807, 2.05) is 0 Å². The van der Waals surface area contributed by atoms with Gasteiger partial charge in [0.15, 0.2) is 5.60 Å². The Hall–Kier alpha value is -2.47. The first-order valence-electron chi connectivity index (χ1n) is 8.40. The molecule has 9 nitrogen and oxygen atoms in total. The lowest BCUT2D eigenvalue weighted by atomic mass is 10.00. The van der Waals surface area contributed by atoms with Gasteiger partial charge >= 0.3 is 13.4 Å². The Bertz CT molecular complexity index is 1010. The number of hydrogen-bond acceptors (Lipinski definition) is 7. The number of para-hydroxylation sites is 1. The molecular formula is C16H17F4N4O5P. The van der Waals surface area contributed by atoms with Gasteiger partial charge in [0, 0.05) is 6.20 Å². The van der Waals surface area contributed by atoms with E-state index in [-0.39, 0.29) is 11.6 Å². The van der Waals surface area contributed by atoms with Gasteiger partial charge < -0.3 is 15.0 Å². The zero-order valence-electron chi connectivity index (χ0n) is 15.2. The molecule has 0 radical (unpaired) electrons. The van der Waals surface area contributed by atoms with Crippen LogP contribution in [0.1, 0.15) is 12.6 Å². The van der Waals surface area contributed by atoms with Crippen LogP contribution in [0.5, 0.6) is 5.75 Å². The van der Waals surface area contributed by atoms with Crippen molar-refractivity contribution >= 4 is 13.6 Å². The van der Waals surface area contributed by atoms with Gasteiger partial charge in [0.05, 0.1) is 13.0 Å². The summed E-state index contributed by atoms with van der Waals surface area (Å²) in [6, 6.07) is 8.47. The van der Waals surface area contributed by atoms with Gasteiger partial charge in [0.25, 0.3) is 12.3 Å². The molecule has 0 spiro atoms. The van der Waals surface area contributed by atoms with E-state index in [0.29, 0.717) is 4.57 Å². The van der Waals surface area contributed by atoms with E-state index in [1.54, 1.807) is 6.07 Å². The summed E-state index contributed by atoms with van der Waals surface area (Å²) in [7, 11) is -4.45. The highest BCUT2D eigenvalue weighted by atomic mass is 31.2. The van der Waals surface area contributed by atoms with E-state index in [4.69, 9.17) is 25.0 Å². The maximum Gasteiger partial charge on any atom is 0.456 e. The minimum absolute atomic E-state index is 0.0180. The highest BCUT2D eigenvalue weighted by Crippen LogP contribution is 2.52. The molecule has 1 aliphatic heterocycles. The first-order valence-corrected chi connectivity index (χ1v) is 10.0. The summed E-state index contributed by atoms with van der Waals surface area (Å²) in [5.41, 5.74) is 6.55. The van der Waals surface area contributed by atoms with E-state index >= 15 is 0 Å². The van der Waals surface area contributed by atoms with E-state index < -0.39 is 50.6 Å². The number of nitrogen functional groups attached to an aromatic ring is 1. The normalized spacial score (nSPS) is 25.2. The highest BCUT2D eigenvalue weighted by Gasteiger charge is 2.63. The van der Waals surface area contributed by atoms with Crippen LogP contribution in [-0.4, -0.2) is 34.1 Å². The van der Waals surface area contributed by atoms with E-state index in [0.717, 1.165) is 12.3 Å². The molecule has 0 amide bonds. The lowest BCUT2D eigenvalue weighted by Gasteiger charge is -2.28. The van der Waals surface area contributed by atoms with Crippen LogP contribution in [0.4, 0.5) is 23.4 Å². The smallest absolute Gasteiger partial charge is 0.413 e. The molecular weight excluding hydrogens is 435 g/mol. The van der Waals surface area contributed by atoms with Gasteiger partial charge in [-0.25, -0.2) is 32.4 Å². The van der Waals surface area contributed by atoms with Crippen molar-refractivity contribution in [3.63, 3.8) is 0 Å². The van der Waals surface area contributed by atoms with Crippen LogP contribution in [0, 0.1) is 0 Å². The maximum atomic E-state index is 14.5. The second kappa shape index (κ2) is 7.99. The first-order chi connectivity index (χ1) is 13.9. The number of hydrogen-bond donors (Lipinski definition) is 2. The molecule has 164 valence electrons. The average Bonchev–Trinajstić information content (AvgIpc) is 2.93. The molecule has 14 heteroatoms. The van der Waals surface area contributed by atoms with Gasteiger partial charge in [0.1, 0.15) is 11.6 Å². The molecule has 3 rings (SSSR count). The molecule has 1 aromatic carbocycles. The fourth-order valence-corrected chi connectivity index (χ4v) is 3.70. The van der Waals surface area contributed by atoms with Crippen molar-refractivity contribution in [3.05, 3.63) is 53.1 Å². The number of nitrogens with two attached hydrogens (primary N) is 2. The molecule has 0 bridgehead atoms. The predicted molar refractivity (Wildman–Crippen MR) is 96.1 cm³/mol. The van der Waals surface area contributed by atoms with E-state index in [1.165, 1.54) is 24.3 Å². The third-order valence-electron chi connectivity index (χ3n) is 4.21. The van der Waals surface area contributed by atoms with Gasteiger partial charge in [-0.2, -0.15) is 4.98 Å². The molecule has 1 aromatic heterocycles. The quantitative estimate of drug-likeness (QED) is 0.484. The first kappa shape index (κ1) is 22.2. The number of anilines is 1. The minimum Gasteiger partial charge on any atom is -0.413 e. The summed E-state index contributed by atoms with van der Waals surface area (Å²) < 4.78 is 83.8. The molecule has 1 aliphatic rings. The van der Waals surface area contributed by atoms with Gasteiger partial charge in [0.2, 0.25) is 6.23 Å². The average molecular weight is 452 g/mol. The van der Waals surface area contributed by atoms with Crippen molar-refractivity contribution in [1.82, 2.24) is 9.55 Å². The third-order valence-corrected chi connectivity index (χ3v) is 5.16. The van der Waals surface area contributed by atoms with Gasteiger partial charge in [-0.05, 0) is 18.2 Å². The van der Waals surface area contributed by atoms with Gasteiger partial charge in [-0.1, -0.05) is 18.2 Å². The summed E-state index contributed by atoms with van der Waals surface area (Å²) in [5, 5.41) is 0. The minimum atomic E-state index is -4.45. The highest BCUT2D eigenvalue weighted by molar-refractivity contribution is 7.51. The fraction of sp³-hybridized carbons (Fsp3) is 0.375. The zero-order chi connectivity index (χ0) is 22.2. The van der Waals surface area contributed by atoms with Crippen LogP contribution < -0.4 is 21.5 Å². The summed E-state index contributed by atoms with van der Waals surface area (Å²) in [6.45, 7) is -1.28. The summed E-state index contributed by atoms with van der Waals surface area (Å²) in [6.07, 6.45) is -6.60. The molecule has 0 saturated carbocycles. The van der Waals surface area contributed by atoms with Crippen molar-refractivity contribution in [3.8, 4) is 5.75 Å². The van der Waals surface area contributed by atoms with Gasteiger partial charge in [-0.15, -0.1) is 0 Å². The Morgan fingerprint density at radius 1 is 1.30 bits per heavy atom. The molecule has 30 heavy (non-hydrogen) atoms. The van der Waals surface area contributed by atoms with E-state index in [9.17, 15) is 26.9 Å². The number of nitrogens with zero attached hydrogens (tertiary/aromatic N) is 2. The Morgan fingerprint density at radius 2 is 1.97 bits per heavy atom. The van der Waals surface area contributed by atoms with Crippen LogP contribution in [0.25, 0.3) is 0 Å². The Balaban J connectivity index is 1.82. The van der Waals surface area contributed by atoms with Crippen molar-refractivity contribution in [2.75, 3.05) is 12.3 Å². The lowest BCUT2D eigenvalue weighted by molar-refractivity contribution is -0.181. The molecule has 4 N–H and O–H groups in total. The number of halogens is 4. The third kappa shape index (κ3) is 4.64. The van der Waals surface area contributed by atoms with Crippen molar-refractivity contribution in [2.24, 2.45) is 5.50 Å². The van der Waals surface area contributed by atoms with Crippen LogP contribution >= 0.6 is 7.75 Å². The van der Waals surface area contributed by atoms with Crippen molar-refractivity contribution in [1.29, 1.82) is 0 Å². The Morgan fingerprint density at radius 3 is 2.57 bits per heavy atom. The van der Waals surface area contributed by atoms with Crippen LogP contribution in [0.2, 0.25) is 0 Å². The number of aromatic nitrogens is 2. The largest absolute Gasteiger partial charge is 0.456 e. The molecule has 3 atom stereocenters. The van der Waals surface area contributed by atoms with Crippen molar-refractivity contribution < 1.29 is 35.9 Å². The second-order valence-electron chi connectivity index (χ2n) is 6.53. The SMILES string of the molecule is Nc1ccn([C@@H]2O[C@@](COP(N)(=O)Oc3ccccc3)(C(F)F)CC2(F)F)c(=O)n1. The standard InChI is InChI=1S/C16H17F4N4O5P/c17-12(18)15(9-27-30(22,26)29-10-4-2-1-3-5-10)8-16(19,20)13(28-15)24-7-6-11(21)23-14(24)25/h1-7,12-13H,8-9H2,(H2,22,26)(H2,21,23,25)/t13-,15+,30?/m1/s1. The molecule has 1 fully saturated rings. The molecule has 0 aliphatic carbocycles. The predicted octanol–water partition coefficient (Wildman–Crippen LogP) is 2.55. The number of ether oxygens (including phenoxy) is 1. The maximum absolute atomic E-state index is 14.5. The van der Waals surface area contributed by atoms with Crippen LogP contribution in [-0.2, 0) is 13.8 Å². The molecule has 1 saturated heterocycles. The second-order valence-corrected chi connectivity index (χ2v) is 8.05. The molecule has 1 unspecified atom stereocenters. The van der Waals surface area contributed by atoms with Gasteiger partial charge in [-0.3, -0.25) is 9.09 Å². The zero-order valence-corrected chi connectivity index (χ0v) is 16.1. The molecule has 2 aromatic rings. The number of alkyl halides is 4.